The summed E-state index contributed by atoms with van der Waals surface area (Å²) in [5, 5.41) is 5.17. The lowest BCUT2D eigenvalue weighted by molar-refractivity contribution is 0.0978. The molecule has 1 aromatic rings. The van der Waals surface area contributed by atoms with Gasteiger partial charge in [-0.15, -0.1) is 0 Å². The number of carbonyl (C=O) groups excluding carboxylic acids is 1. The van der Waals surface area contributed by atoms with Crippen molar-refractivity contribution in [1.29, 1.82) is 0 Å². The van der Waals surface area contributed by atoms with Crippen molar-refractivity contribution in [3.63, 3.8) is 0 Å². The summed E-state index contributed by atoms with van der Waals surface area (Å²) in [7, 11) is -3.99. The largest absolute Gasteiger partial charge is 0.486 e. The Balaban J connectivity index is 2.48. The molecule has 1 heterocycles. The number of nitrogens with two attached hydrogens (primary N) is 1. The van der Waals surface area contributed by atoms with Gasteiger partial charge >= 0.3 is 0 Å². The normalized spacial score (nSPS) is 14.1. The quantitative estimate of drug-likeness (QED) is 0.826. The lowest BCUT2D eigenvalue weighted by Crippen LogP contribution is -2.21. The fourth-order valence-corrected chi connectivity index (χ4v) is 2.63. The van der Waals surface area contributed by atoms with Crippen LogP contribution in [0.25, 0.3) is 0 Å². The molecule has 7 heteroatoms. The van der Waals surface area contributed by atoms with Gasteiger partial charge in [-0.2, -0.15) is 0 Å². The number of ether oxygens (including phenoxy) is 2. The van der Waals surface area contributed by atoms with Crippen molar-refractivity contribution < 1.29 is 22.7 Å². The first-order chi connectivity index (χ1) is 9.43. The molecule has 0 atom stereocenters. The molecule has 1 radical (unpaired) electrons. The maximum atomic E-state index is 12.0. The number of unbranched alkanes of at least 4 members (excludes halogenated alkanes) is 1. The van der Waals surface area contributed by atoms with Crippen molar-refractivity contribution in [2.45, 2.75) is 24.2 Å². The Morgan fingerprint density at radius 3 is 2.65 bits per heavy atom. The summed E-state index contributed by atoms with van der Waals surface area (Å²) in [6, 6.07) is 2.74. The average Bonchev–Trinajstić information content (AvgIpc) is 2.42. The van der Waals surface area contributed by atoms with E-state index in [1.165, 1.54) is 12.1 Å². The van der Waals surface area contributed by atoms with E-state index < -0.39 is 10.0 Å². The molecule has 20 heavy (non-hydrogen) atoms. The third-order valence-corrected chi connectivity index (χ3v) is 3.81. The van der Waals surface area contributed by atoms with Crippen molar-refractivity contribution in [3.05, 3.63) is 24.6 Å². The van der Waals surface area contributed by atoms with E-state index in [9.17, 15) is 13.2 Å². The summed E-state index contributed by atoms with van der Waals surface area (Å²) < 4.78 is 33.9. The van der Waals surface area contributed by atoms with E-state index in [-0.39, 0.29) is 34.3 Å². The van der Waals surface area contributed by atoms with Gasteiger partial charge in [0, 0.05) is 12.0 Å². The van der Waals surface area contributed by atoms with Crippen LogP contribution in [0.5, 0.6) is 11.5 Å². The number of hydrogen-bond acceptors (Lipinski definition) is 5. The van der Waals surface area contributed by atoms with Crippen LogP contribution in [0.15, 0.2) is 17.0 Å². The molecule has 0 fully saturated rings. The fraction of sp³-hybridized carbons (Fsp3) is 0.385. The average molecular weight is 298 g/mol. The number of fused-ring (bicyclic) bond motifs is 1. The minimum Gasteiger partial charge on any atom is -0.486 e. The Labute approximate surface area is 117 Å². The second kappa shape index (κ2) is 5.80. The standard InChI is InChI=1S/C13H16NO5S/c1-2-3-4-10(15)9-7-11-13(19-6-5-18-11)12(8-9)20(14,16)17/h7-8H,1-6H2,(H2,14,16,17). The van der Waals surface area contributed by atoms with Gasteiger partial charge in [-0.05, 0) is 18.6 Å². The van der Waals surface area contributed by atoms with Crippen LogP contribution in [-0.4, -0.2) is 27.4 Å². The molecule has 2 N–H and O–H groups in total. The highest BCUT2D eigenvalue weighted by Gasteiger charge is 2.25. The molecule has 1 aromatic carbocycles. The minimum absolute atomic E-state index is 0.0764. The lowest BCUT2D eigenvalue weighted by atomic mass is 10.0. The molecule has 0 unspecified atom stereocenters. The number of primary sulfonamides is 1. The van der Waals surface area contributed by atoms with E-state index in [1.807, 2.05) is 0 Å². The molecule has 6 nitrogen and oxygen atoms in total. The maximum absolute atomic E-state index is 12.0. The van der Waals surface area contributed by atoms with E-state index in [4.69, 9.17) is 14.6 Å². The molecule has 0 amide bonds. The monoisotopic (exact) mass is 298 g/mol. The van der Waals surface area contributed by atoms with Gasteiger partial charge in [0.15, 0.2) is 17.3 Å². The molecular weight excluding hydrogens is 282 g/mol. The van der Waals surface area contributed by atoms with Crippen LogP contribution in [0.4, 0.5) is 0 Å². The summed E-state index contributed by atoms with van der Waals surface area (Å²) in [5.41, 5.74) is 0.256. The van der Waals surface area contributed by atoms with Crippen LogP contribution < -0.4 is 14.6 Å². The second-order valence-corrected chi connectivity index (χ2v) is 5.95. The van der Waals surface area contributed by atoms with E-state index in [2.05, 4.69) is 6.92 Å². The minimum atomic E-state index is -3.99. The Hall–Kier alpha value is -1.60. The molecule has 0 spiro atoms. The Bertz CT molecular complexity index is 624. The van der Waals surface area contributed by atoms with E-state index in [0.29, 0.717) is 25.9 Å². The predicted molar refractivity (Wildman–Crippen MR) is 72.3 cm³/mol. The van der Waals surface area contributed by atoms with Crippen LogP contribution in [0, 0.1) is 6.92 Å². The Morgan fingerprint density at radius 2 is 2.00 bits per heavy atom. The van der Waals surface area contributed by atoms with Crippen LogP contribution in [0.1, 0.15) is 29.6 Å². The first-order valence-electron chi connectivity index (χ1n) is 6.22. The van der Waals surface area contributed by atoms with Gasteiger partial charge in [0.2, 0.25) is 10.0 Å². The number of hydrogen-bond donors (Lipinski definition) is 1. The van der Waals surface area contributed by atoms with Crippen LogP contribution in [0.3, 0.4) is 0 Å². The zero-order valence-corrected chi connectivity index (χ0v) is 11.7. The molecule has 1 aliphatic heterocycles. The number of carbonyl (C=O) groups is 1. The fourth-order valence-electron chi connectivity index (χ4n) is 1.92. The number of benzene rings is 1. The smallest absolute Gasteiger partial charge is 0.241 e. The molecular formula is C13H16NO5S. The van der Waals surface area contributed by atoms with E-state index in [0.717, 1.165) is 0 Å². The van der Waals surface area contributed by atoms with Crippen molar-refractivity contribution in [2.24, 2.45) is 5.14 Å². The van der Waals surface area contributed by atoms with E-state index >= 15 is 0 Å². The third kappa shape index (κ3) is 3.10. The number of Topliss-reactive ketones (excluding diaryl/α,β-unsaturated/α-hetero) is 1. The molecule has 2 rings (SSSR count). The molecule has 0 aromatic heterocycles. The first kappa shape index (κ1) is 14.8. The molecule has 0 saturated carbocycles. The predicted octanol–water partition coefficient (Wildman–Crippen LogP) is 1.29. The van der Waals surface area contributed by atoms with Crippen molar-refractivity contribution >= 4 is 15.8 Å². The Kier molecular flexibility index (Phi) is 4.29. The highest BCUT2D eigenvalue weighted by atomic mass is 32.2. The van der Waals surface area contributed by atoms with Crippen molar-refractivity contribution in [3.8, 4) is 11.5 Å². The van der Waals surface area contributed by atoms with Crippen LogP contribution in [0.2, 0.25) is 0 Å². The van der Waals surface area contributed by atoms with E-state index in [1.54, 1.807) is 0 Å². The maximum Gasteiger partial charge on any atom is 0.241 e. The van der Waals surface area contributed by atoms with Gasteiger partial charge in [0.25, 0.3) is 0 Å². The van der Waals surface area contributed by atoms with Gasteiger partial charge in [-0.25, -0.2) is 13.6 Å². The van der Waals surface area contributed by atoms with Crippen LogP contribution >= 0.6 is 0 Å². The zero-order valence-electron chi connectivity index (χ0n) is 10.9. The van der Waals surface area contributed by atoms with Crippen LogP contribution in [-0.2, 0) is 10.0 Å². The van der Waals surface area contributed by atoms with Gasteiger partial charge in [-0.3, -0.25) is 4.79 Å². The summed E-state index contributed by atoms with van der Waals surface area (Å²) in [5.74, 6) is 0.142. The molecule has 0 aliphatic carbocycles. The SMILES string of the molecule is [CH2]CCCC(=O)c1cc2c(c(S(N)(=O)=O)c1)OCCO2. The lowest BCUT2D eigenvalue weighted by Gasteiger charge is -2.21. The summed E-state index contributed by atoms with van der Waals surface area (Å²) in [6.45, 7) is 4.21. The van der Waals surface area contributed by atoms with Gasteiger partial charge in [-0.1, -0.05) is 13.3 Å². The third-order valence-electron chi connectivity index (χ3n) is 2.89. The molecule has 1 aliphatic rings. The molecule has 0 bridgehead atoms. The highest BCUT2D eigenvalue weighted by molar-refractivity contribution is 7.89. The van der Waals surface area contributed by atoms with Gasteiger partial charge in [0.1, 0.15) is 18.1 Å². The Morgan fingerprint density at radius 1 is 1.30 bits per heavy atom. The van der Waals surface area contributed by atoms with Crippen molar-refractivity contribution in [1.82, 2.24) is 0 Å². The second-order valence-electron chi connectivity index (χ2n) is 4.42. The molecule has 109 valence electrons. The van der Waals surface area contributed by atoms with Gasteiger partial charge in [0.05, 0.1) is 0 Å². The summed E-state index contributed by atoms with van der Waals surface area (Å²) in [4.78, 5) is 11.8. The number of rotatable bonds is 5. The van der Waals surface area contributed by atoms with Crippen molar-refractivity contribution in [2.75, 3.05) is 13.2 Å². The zero-order chi connectivity index (χ0) is 14.8. The molecule has 0 saturated heterocycles. The first-order valence-corrected chi connectivity index (χ1v) is 7.77. The van der Waals surface area contributed by atoms with Gasteiger partial charge < -0.3 is 9.47 Å². The topological polar surface area (TPSA) is 95.7 Å². The number of sulfonamides is 1. The summed E-state index contributed by atoms with van der Waals surface area (Å²) in [6.07, 6.45) is 1.57. The number of ketones is 1. The highest BCUT2D eigenvalue weighted by Crippen LogP contribution is 2.37. The summed E-state index contributed by atoms with van der Waals surface area (Å²) >= 11 is 0.